The van der Waals surface area contributed by atoms with Gasteiger partial charge in [0.05, 0.1) is 0 Å². The number of esters is 5. The van der Waals surface area contributed by atoms with Gasteiger partial charge < -0.3 is 48.5 Å². The molecule has 17 nitrogen and oxygen atoms in total. The largest absolute Gasteiger partial charge is 0.471 e. The summed E-state index contributed by atoms with van der Waals surface area (Å²) in [5.41, 5.74) is -1.61. The van der Waals surface area contributed by atoms with Crippen molar-refractivity contribution in [2.24, 2.45) is 0 Å². The summed E-state index contributed by atoms with van der Waals surface area (Å²) in [5.74, 6) is -10.7. The molecule has 56 heavy (non-hydrogen) atoms. The fourth-order valence-electron chi connectivity index (χ4n) is 5.41. The van der Waals surface area contributed by atoms with Gasteiger partial charge in [0.2, 0.25) is 0 Å². The first-order chi connectivity index (χ1) is 26.0. The number of carbonyl (C=O) groups is 7. The van der Waals surface area contributed by atoms with Gasteiger partial charge in [0.1, 0.15) is 49.0 Å². The number of ether oxygens (including phenoxy) is 8. The maximum atomic E-state index is 13.7. The fraction of sp³-hybridized carbons (Fsp3) is 0.594. The summed E-state index contributed by atoms with van der Waals surface area (Å²) in [6.45, 7) is 2.65. The second kappa shape index (κ2) is 19.5. The number of alkyl halides is 6. The van der Waals surface area contributed by atoms with Crippen molar-refractivity contribution in [2.75, 3.05) is 13.2 Å². The van der Waals surface area contributed by atoms with Crippen molar-refractivity contribution in [3.63, 3.8) is 0 Å². The first kappa shape index (κ1) is 45.7. The van der Waals surface area contributed by atoms with Crippen LogP contribution in [0.5, 0.6) is 0 Å². The zero-order chi connectivity index (χ0) is 42.1. The third kappa shape index (κ3) is 13.2. The van der Waals surface area contributed by atoms with Crippen molar-refractivity contribution in [2.45, 2.75) is 112 Å². The molecule has 0 saturated carbocycles. The summed E-state index contributed by atoms with van der Waals surface area (Å²) in [4.78, 5) is 85.8. The molecule has 2 fully saturated rings. The van der Waals surface area contributed by atoms with Gasteiger partial charge in [-0.1, -0.05) is 30.0 Å². The molecule has 2 aliphatic rings. The molecule has 4 unspecified atom stereocenters. The first-order valence-corrected chi connectivity index (χ1v) is 17.1. The van der Waals surface area contributed by atoms with Crippen LogP contribution in [0, 0.1) is 0 Å². The zero-order valence-corrected chi connectivity index (χ0v) is 30.7. The predicted octanol–water partition coefficient (Wildman–Crippen LogP) is 1.63. The molecular weight excluding hydrogens is 798 g/mol. The van der Waals surface area contributed by atoms with Crippen molar-refractivity contribution in [3.8, 4) is 0 Å². The lowest BCUT2D eigenvalue weighted by Crippen LogP contribution is -2.71. The SMILES string of the molecule is CC(=O)OCC1O[C@@H](O[C@@H]2C(COC(C)=O)O[C@@H](Sc3ccccc3)C(NC(=O)C(F)(F)F)[C@H]2OC(C)=O)C(NC(=O)C(F)(F)F)[C@@H](OC(C)=O)[C@@H]1OC(C)=O. The highest BCUT2D eigenvalue weighted by Crippen LogP contribution is 2.38. The molecule has 0 bridgehead atoms. The Hall–Kier alpha value is -4.68. The quantitative estimate of drug-likeness (QED) is 0.164. The summed E-state index contributed by atoms with van der Waals surface area (Å²) >= 11 is 0.717. The van der Waals surface area contributed by atoms with Gasteiger partial charge >= 0.3 is 54.0 Å². The lowest BCUT2D eigenvalue weighted by molar-refractivity contribution is -0.315. The van der Waals surface area contributed by atoms with Gasteiger partial charge in [-0.25, -0.2) is 0 Å². The Labute approximate surface area is 317 Å². The molecular formula is C32H36F6N2O15S. The number of carbonyl (C=O) groups excluding carboxylic acids is 7. The molecule has 2 heterocycles. The minimum atomic E-state index is -5.63. The van der Waals surface area contributed by atoms with Gasteiger partial charge in [0.25, 0.3) is 0 Å². The molecule has 0 radical (unpaired) electrons. The second-order valence-corrected chi connectivity index (χ2v) is 13.1. The van der Waals surface area contributed by atoms with Gasteiger partial charge in [-0.05, 0) is 12.1 Å². The Balaban J connectivity index is 2.27. The van der Waals surface area contributed by atoms with E-state index < -0.39 is 128 Å². The molecule has 0 spiro atoms. The topological polar surface area (TPSA) is 217 Å². The van der Waals surface area contributed by atoms with E-state index in [-0.39, 0.29) is 0 Å². The van der Waals surface area contributed by atoms with Crippen LogP contribution in [0.2, 0.25) is 0 Å². The third-order valence-electron chi connectivity index (χ3n) is 7.50. The van der Waals surface area contributed by atoms with Crippen LogP contribution in [0.25, 0.3) is 0 Å². The average Bonchev–Trinajstić information content (AvgIpc) is 3.06. The Morgan fingerprint density at radius 3 is 1.48 bits per heavy atom. The smallest absolute Gasteiger partial charge is 0.463 e. The lowest BCUT2D eigenvalue weighted by atomic mass is 9.94. The van der Waals surface area contributed by atoms with E-state index in [4.69, 9.17) is 37.9 Å². The molecule has 24 heteroatoms. The van der Waals surface area contributed by atoms with Gasteiger partial charge in [-0.15, -0.1) is 0 Å². The molecule has 0 aromatic heterocycles. The minimum absolute atomic E-state index is 0.343. The van der Waals surface area contributed by atoms with Gasteiger partial charge in [0.15, 0.2) is 24.6 Å². The summed E-state index contributed by atoms with van der Waals surface area (Å²) in [7, 11) is 0. The summed E-state index contributed by atoms with van der Waals surface area (Å²) < 4.78 is 126. The maximum absolute atomic E-state index is 13.7. The summed E-state index contributed by atoms with van der Waals surface area (Å²) in [5, 5.41) is 3.21. The number of thioether (sulfide) groups is 1. The second-order valence-electron chi connectivity index (χ2n) is 11.9. The van der Waals surface area contributed by atoms with Crippen LogP contribution in [-0.4, -0.2) is 128 Å². The summed E-state index contributed by atoms with van der Waals surface area (Å²) in [6, 6.07) is 3.35. The van der Waals surface area contributed by atoms with E-state index in [0.717, 1.165) is 46.4 Å². The van der Waals surface area contributed by atoms with Crippen LogP contribution in [-0.2, 0) is 71.5 Å². The standard InChI is InChI=1S/C32H36F6N2O15S/c1-13(41)48-11-19-23(50-15(3)43)25(51-16(4)44)21(39-29(46)31(33,34)35)27(53-19)55-24-20(12-49-14(2)42)54-28(56-18-9-7-6-8-10-18)22(26(24)52-17(5)45)40-30(47)32(36,37)38/h6-10,19-28H,11-12H2,1-5H3,(H,39,46)(H,40,47)/t19?,20?,21?,22?,23-,24-,25-,26-,27+,28+/m1/s1. The van der Waals surface area contributed by atoms with Crippen LogP contribution in [0.15, 0.2) is 35.2 Å². The highest BCUT2D eigenvalue weighted by molar-refractivity contribution is 7.99. The average molecular weight is 835 g/mol. The number of benzene rings is 1. The van der Waals surface area contributed by atoms with Gasteiger partial charge in [-0.3, -0.25) is 33.6 Å². The Morgan fingerprint density at radius 1 is 0.607 bits per heavy atom. The number of halogens is 6. The van der Waals surface area contributed by atoms with Gasteiger partial charge in [0, 0.05) is 39.5 Å². The van der Waals surface area contributed by atoms with E-state index in [1.54, 1.807) is 23.5 Å². The van der Waals surface area contributed by atoms with Crippen LogP contribution in [0.3, 0.4) is 0 Å². The van der Waals surface area contributed by atoms with E-state index in [1.165, 1.54) is 17.4 Å². The molecule has 3 rings (SSSR count). The molecule has 1 aromatic carbocycles. The highest BCUT2D eigenvalue weighted by atomic mass is 32.2. The molecule has 2 amide bonds. The number of hydrogen-bond acceptors (Lipinski definition) is 16. The van der Waals surface area contributed by atoms with Crippen LogP contribution in [0.4, 0.5) is 26.3 Å². The number of hydrogen-bond donors (Lipinski definition) is 2. The first-order valence-electron chi connectivity index (χ1n) is 16.2. The van der Waals surface area contributed by atoms with Crippen LogP contribution in [0.1, 0.15) is 34.6 Å². The van der Waals surface area contributed by atoms with E-state index in [2.05, 4.69) is 0 Å². The molecule has 312 valence electrons. The van der Waals surface area contributed by atoms with Gasteiger partial charge in [-0.2, -0.15) is 26.3 Å². The highest BCUT2D eigenvalue weighted by Gasteiger charge is 2.58. The Kier molecular flexibility index (Phi) is 15.9. The molecule has 2 N–H and O–H groups in total. The van der Waals surface area contributed by atoms with Crippen molar-refractivity contribution in [3.05, 3.63) is 30.3 Å². The molecule has 0 aliphatic carbocycles. The minimum Gasteiger partial charge on any atom is -0.463 e. The normalized spacial score (nSPS) is 27.8. The van der Waals surface area contributed by atoms with E-state index in [1.807, 2.05) is 0 Å². The van der Waals surface area contributed by atoms with E-state index in [0.29, 0.717) is 4.90 Å². The lowest BCUT2D eigenvalue weighted by Gasteiger charge is -2.49. The van der Waals surface area contributed by atoms with Crippen molar-refractivity contribution >= 4 is 53.4 Å². The molecule has 1 aromatic rings. The number of amides is 2. The van der Waals surface area contributed by atoms with E-state index in [9.17, 15) is 59.9 Å². The number of rotatable bonds is 13. The van der Waals surface area contributed by atoms with E-state index >= 15 is 0 Å². The monoisotopic (exact) mass is 834 g/mol. The van der Waals surface area contributed by atoms with Crippen molar-refractivity contribution in [1.82, 2.24) is 10.6 Å². The number of nitrogens with one attached hydrogen (secondary N) is 2. The van der Waals surface area contributed by atoms with Crippen molar-refractivity contribution < 1.29 is 97.8 Å². The maximum Gasteiger partial charge on any atom is 0.471 e. The Morgan fingerprint density at radius 2 is 1.04 bits per heavy atom. The Bertz CT molecular complexity index is 1600. The third-order valence-corrected chi connectivity index (χ3v) is 8.68. The fourth-order valence-corrected chi connectivity index (χ4v) is 6.56. The molecule has 10 atom stereocenters. The van der Waals surface area contributed by atoms with Crippen LogP contribution >= 0.6 is 11.8 Å². The van der Waals surface area contributed by atoms with Crippen molar-refractivity contribution in [1.29, 1.82) is 0 Å². The van der Waals surface area contributed by atoms with Crippen LogP contribution < -0.4 is 10.6 Å². The molecule has 2 aliphatic heterocycles. The zero-order valence-electron chi connectivity index (χ0n) is 29.9. The molecule has 2 saturated heterocycles. The summed E-state index contributed by atoms with van der Waals surface area (Å²) in [6.07, 6.45) is -25.3. The predicted molar refractivity (Wildman–Crippen MR) is 170 cm³/mol.